The molecule has 7 heteroatoms. The van der Waals surface area contributed by atoms with Crippen LogP contribution in [0.4, 0.5) is 5.69 Å². The summed E-state index contributed by atoms with van der Waals surface area (Å²) in [4.78, 5) is 12.0. The molecule has 0 saturated carbocycles. The maximum Gasteiger partial charge on any atom is 0.241 e. The van der Waals surface area contributed by atoms with E-state index in [-0.39, 0.29) is 16.7 Å². The third kappa shape index (κ3) is 4.03. The molecule has 0 heterocycles. The minimum Gasteiger partial charge on any atom is -0.324 e. The molecule has 0 radical (unpaired) electrons. The minimum atomic E-state index is -3.80. The predicted octanol–water partition coefficient (Wildman–Crippen LogP) is 0.954. The molecule has 0 saturated heterocycles. The number of carbonyl (C=O) groups is 1. The molecule has 6 nitrogen and oxygen atoms in total. The van der Waals surface area contributed by atoms with Crippen LogP contribution in [0.25, 0.3) is 0 Å². The summed E-state index contributed by atoms with van der Waals surface area (Å²) < 4.78 is 22.6. The molecular weight excluding hydrogens is 278 g/mol. The van der Waals surface area contributed by atoms with Gasteiger partial charge in [0.05, 0.1) is 10.9 Å². The van der Waals surface area contributed by atoms with E-state index >= 15 is 0 Å². The van der Waals surface area contributed by atoms with Crippen LogP contribution in [0.2, 0.25) is 0 Å². The van der Waals surface area contributed by atoms with Crippen LogP contribution in [0.1, 0.15) is 25.8 Å². The standard InChI is InChI=1S/C13H21N3O3S/c1-4-8(2)12(14)13(17)16-11-7-10(20(15,18)19)6-5-9(11)3/h5-8,12H,4,14H2,1-3H3,(H,16,17)(H2,15,18,19)/t8-,12-/m0/s1. The van der Waals surface area contributed by atoms with Gasteiger partial charge in [0.2, 0.25) is 15.9 Å². The second kappa shape index (κ2) is 6.34. The van der Waals surface area contributed by atoms with Crippen molar-refractivity contribution in [1.82, 2.24) is 0 Å². The van der Waals surface area contributed by atoms with Crippen LogP contribution in [0, 0.1) is 12.8 Å². The van der Waals surface area contributed by atoms with Crippen LogP contribution in [-0.4, -0.2) is 20.4 Å². The topological polar surface area (TPSA) is 115 Å². The van der Waals surface area contributed by atoms with E-state index in [0.29, 0.717) is 5.69 Å². The van der Waals surface area contributed by atoms with E-state index in [2.05, 4.69) is 5.32 Å². The van der Waals surface area contributed by atoms with Gasteiger partial charge in [-0.25, -0.2) is 13.6 Å². The molecule has 0 unspecified atom stereocenters. The quantitative estimate of drug-likeness (QED) is 0.750. The zero-order valence-corrected chi connectivity index (χ0v) is 12.7. The van der Waals surface area contributed by atoms with Crippen molar-refractivity contribution < 1.29 is 13.2 Å². The van der Waals surface area contributed by atoms with Gasteiger partial charge in [0.15, 0.2) is 0 Å². The van der Waals surface area contributed by atoms with E-state index in [0.717, 1.165) is 12.0 Å². The number of sulfonamides is 1. The first-order valence-corrected chi connectivity index (χ1v) is 7.91. The molecule has 0 aromatic heterocycles. The van der Waals surface area contributed by atoms with Crippen LogP contribution < -0.4 is 16.2 Å². The summed E-state index contributed by atoms with van der Waals surface area (Å²) in [5.74, 6) is -0.300. The molecule has 1 aromatic rings. The molecule has 112 valence electrons. The first kappa shape index (κ1) is 16.6. The van der Waals surface area contributed by atoms with Crippen LogP contribution in [0.3, 0.4) is 0 Å². The van der Waals surface area contributed by atoms with Crippen molar-refractivity contribution in [3.05, 3.63) is 23.8 Å². The largest absolute Gasteiger partial charge is 0.324 e. The van der Waals surface area contributed by atoms with E-state index in [4.69, 9.17) is 10.9 Å². The first-order valence-electron chi connectivity index (χ1n) is 6.36. The Morgan fingerprint density at radius 3 is 2.50 bits per heavy atom. The number of amides is 1. The lowest BCUT2D eigenvalue weighted by atomic mass is 9.99. The molecule has 1 rings (SSSR count). The van der Waals surface area contributed by atoms with Gasteiger partial charge in [-0.05, 0) is 30.5 Å². The van der Waals surface area contributed by atoms with Crippen LogP contribution in [-0.2, 0) is 14.8 Å². The smallest absolute Gasteiger partial charge is 0.241 e. The average molecular weight is 299 g/mol. The maximum atomic E-state index is 12.0. The summed E-state index contributed by atoms with van der Waals surface area (Å²) in [5.41, 5.74) is 6.98. The summed E-state index contributed by atoms with van der Waals surface area (Å²) in [5, 5.41) is 7.72. The monoisotopic (exact) mass is 299 g/mol. The highest BCUT2D eigenvalue weighted by molar-refractivity contribution is 7.89. The average Bonchev–Trinajstić information content (AvgIpc) is 2.38. The summed E-state index contributed by atoms with van der Waals surface area (Å²) in [6.45, 7) is 5.60. The Balaban J connectivity index is 3.01. The third-order valence-electron chi connectivity index (χ3n) is 3.36. The Kier molecular flexibility index (Phi) is 5.27. The number of rotatable bonds is 5. The van der Waals surface area contributed by atoms with E-state index in [1.807, 2.05) is 13.8 Å². The summed E-state index contributed by atoms with van der Waals surface area (Å²) >= 11 is 0. The molecule has 1 amide bonds. The van der Waals surface area contributed by atoms with Crippen molar-refractivity contribution in [3.63, 3.8) is 0 Å². The van der Waals surface area contributed by atoms with Gasteiger partial charge >= 0.3 is 0 Å². The van der Waals surface area contributed by atoms with Crippen molar-refractivity contribution in [2.45, 2.75) is 38.1 Å². The van der Waals surface area contributed by atoms with Gasteiger partial charge < -0.3 is 11.1 Å². The fraction of sp³-hybridized carbons (Fsp3) is 0.462. The van der Waals surface area contributed by atoms with Gasteiger partial charge in [-0.1, -0.05) is 26.3 Å². The molecule has 0 spiro atoms. The first-order chi connectivity index (χ1) is 9.16. The normalized spacial score (nSPS) is 14.7. The highest BCUT2D eigenvalue weighted by Crippen LogP contribution is 2.20. The lowest BCUT2D eigenvalue weighted by Crippen LogP contribution is -2.40. The van der Waals surface area contributed by atoms with Gasteiger partial charge in [0.1, 0.15) is 0 Å². The zero-order chi connectivity index (χ0) is 15.5. The Bertz CT molecular complexity index is 599. The lowest BCUT2D eigenvalue weighted by Gasteiger charge is -2.18. The van der Waals surface area contributed by atoms with Crippen molar-refractivity contribution in [3.8, 4) is 0 Å². The minimum absolute atomic E-state index is 0.0386. The van der Waals surface area contributed by atoms with Gasteiger partial charge in [-0.2, -0.15) is 0 Å². The maximum absolute atomic E-state index is 12.0. The Morgan fingerprint density at radius 2 is 2.00 bits per heavy atom. The van der Waals surface area contributed by atoms with Gasteiger partial charge in [-0.15, -0.1) is 0 Å². The number of aryl methyl sites for hydroxylation is 1. The van der Waals surface area contributed by atoms with Gasteiger partial charge in [0, 0.05) is 5.69 Å². The number of benzene rings is 1. The second-order valence-electron chi connectivity index (χ2n) is 4.92. The Labute approximate surface area is 119 Å². The molecule has 0 fully saturated rings. The fourth-order valence-electron chi connectivity index (χ4n) is 1.64. The number of nitrogens with one attached hydrogen (secondary N) is 1. The van der Waals surface area contributed by atoms with Gasteiger partial charge in [0.25, 0.3) is 0 Å². The van der Waals surface area contributed by atoms with Crippen molar-refractivity contribution in [1.29, 1.82) is 0 Å². The lowest BCUT2D eigenvalue weighted by molar-refractivity contribution is -0.118. The van der Waals surface area contributed by atoms with Gasteiger partial charge in [-0.3, -0.25) is 4.79 Å². The van der Waals surface area contributed by atoms with Crippen LogP contribution in [0.5, 0.6) is 0 Å². The molecule has 1 aromatic carbocycles. The van der Waals surface area contributed by atoms with E-state index < -0.39 is 16.1 Å². The van der Waals surface area contributed by atoms with Crippen molar-refractivity contribution >= 4 is 21.6 Å². The highest BCUT2D eigenvalue weighted by atomic mass is 32.2. The molecule has 0 bridgehead atoms. The van der Waals surface area contributed by atoms with Crippen molar-refractivity contribution in [2.75, 3.05) is 5.32 Å². The number of hydrogen-bond donors (Lipinski definition) is 3. The number of carbonyl (C=O) groups excluding carboxylic acids is 1. The molecule has 0 aliphatic heterocycles. The van der Waals surface area contributed by atoms with Crippen LogP contribution in [0.15, 0.2) is 23.1 Å². The number of anilines is 1. The molecule has 2 atom stereocenters. The molecule has 0 aliphatic rings. The highest BCUT2D eigenvalue weighted by Gasteiger charge is 2.20. The molecule has 20 heavy (non-hydrogen) atoms. The summed E-state index contributed by atoms with van der Waals surface area (Å²) in [6.07, 6.45) is 0.783. The summed E-state index contributed by atoms with van der Waals surface area (Å²) in [7, 11) is -3.80. The SMILES string of the molecule is CC[C@H](C)[C@H](N)C(=O)Nc1cc(S(N)(=O)=O)ccc1C. The van der Waals surface area contributed by atoms with E-state index in [9.17, 15) is 13.2 Å². The Morgan fingerprint density at radius 1 is 1.40 bits per heavy atom. The number of nitrogens with two attached hydrogens (primary N) is 2. The van der Waals surface area contributed by atoms with E-state index in [1.165, 1.54) is 12.1 Å². The predicted molar refractivity (Wildman–Crippen MR) is 78.6 cm³/mol. The Hall–Kier alpha value is -1.44. The number of hydrogen-bond acceptors (Lipinski definition) is 4. The van der Waals surface area contributed by atoms with Crippen LogP contribution >= 0.6 is 0 Å². The fourth-order valence-corrected chi connectivity index (χ4v) is 2.18. The third-order valence-corrected chi connectivity index (χ3v) is 4.27. The second-order valence-corrected chi connectivity index (χ2v) is 6.48. The zero-order valence-electron chi connectivity index (χ0n) is 11.9. The summed E-state index contributed by atoms with van der Waals surface area (Å²) in [6, 6.07) is 3.68. The van der Waals surface area contributed by atoms with Crippen molar-refractivity contribution in [2.24, 2.45) is 16.8 Å². The molecular formula is C13H21N3O3S. The van der Waals surface area contributed by atoms with E-state index in [1.54, 1.807) is 13.0 Å². The molecule has 0 aliphatic carbocycles. The number of primary sulfonamides is 1. The molecule has 5 N–H and O–H groups in total.